The van der Waals surface area contributed by atoms with E-state index in [9.17, 15) is 4.79 Å². The average molecular weight is 259 g/mol. The largest absolute Gasteiger partial charge is 0.469 e. The lowest BCUT2D eigenvalue weighted by atomic mass is 9.90. The first-order chi connectivity index (χ1) is 9.28. The van der Waals surface area contributed by atoms with Crippen LogP contribution >= 0.6 is 0 Å². The van der Waals surface area contributed by atoms with Gasteiger partial charge in [-0.1, -0.05) is 30.3 Å². The quantitative estimate of drug-likeness (QED) is 0.781. The van der Waals surface area contributed by atoms with Gasteiger partial charge >= 0.3 is 5.97 Å². The lowest BCUT2D eigenvalue weighted by Gasteiger charge is -2.38. The van der Waals surface area contributed by atoms with Gasteiger partial charge in [0, 0.05) is 18.6 Å². The van der Waals surface area contributed by atoms with Crippen LogP contribution in [0.1, 0.15) is 31.2 Å². The minimum atomic E-state index is -0.0174. The van der Waals surface area contributed by atoms with Gasteiger partial charge in [0.2, 0.25) is 0 Å². The lowest BCUT2D eigenvalue weighted by Crippen LogP contribution is -2.44. The number of benzene rings is 1. The van der Waals surface area contributed by atoms with E-state index in [0.717, 1.165) is 19.4 Å². The first kappa shape index (κ1) is 12.7. The summed E-state index contributed by atoms with van der Waals surface area (Å²) in [5.74, 6) is 0.103. The maximum atomic E-state index is 11.7. The Morgan fingerprint density at radius 3 is 2.42 bits per heavy atom. The molecule has 2 aliphatic rings. The third kappa shape index (κ3) is 2.52. The van der Waals surface area contributed by atoms with Crippen molar-refractivity contribution in [1.82, 2.24) is 4.90 Å². The molecule has 19 heavy (non-hydrogen) atoms. The Morgan fingerprint density at radius 2 is 1.84 bits per heavy atom. The standard InChI is InChI=1S/C16H21NO2/c1-19-16(18)13-9-14-7-8-15(10-13)17(14)11-12-5-3-2-4-6-12/h2-6,13-15H,7-11H2,1H3/t13?,14-,15+. The van der Waals surface area contributed by atoms with Gasteiger partial charge in [0.05, 0.1) is 13.0 Å². The van der Waals surface area contributed by atoms with Gasteiger partial charge in [-0.05, 0) is 31.2 Å². The van der Waals surface area contributed by atoms with Crippen LogP contribution in [0.4, 0.5) is 0 Å². The molecule has 102 valence electrons. The number of methoxy groups -OCH3 is 1. The predicted molar refractivity (Wildman–Crippen MR) is 73.5 cm³/mol. The van der Waals surface area contributed by atoms with Crippen molar-refractivity contribution in [3.05, 3.63) is 35.9 Å². The Morgan fingerprint density at radius 1 is 1.21 bits per heavy atom. The molecule has 0 amide bonds. The topological polar surface area (TPSA) is 29.5 Å². The zero-order valence-corrected chi connectivity index (χ0v) is 11.4. The molecule has 0 aliphatic carbocycles. The molecule has 2 aliphatic heterocycles. The van der Waals surface area contributed by atoms with E-state index in [0.29, 0.717) is 12.1 Å². The van der Waals surface area contributed by atoms with Gasteiger partial charge in [-0.3, -0.25) is 9.69 Å². The van der Waals surface area contributed by atoms with Gasteiger partial charge in [-0.2, -0.15) is 0 Å². The maximum Gasteiger partial charge on any atom is 0.308 e. The summed E-state index contributed by atoms with van der Waals surface area (Å²) in [7, 11) is 1.50. The number of nitrogens with zero attached hydrogens (tertiary/aromatic N) is 1. The highest BCUT2D eigenvalue weighted by atomic mass is 16.5. The lowest BCUT2D eigenvalue weighted by molar-refractivity contribution is -0.148. The van der Waals surface area contributed by atoms with Crippen LogP contribution in [0.25, 0.3) is 0 Å². The van der Waals surface area contributed by atoms with Crippen molar-refractivity contribution in [2.45, 2.75) is 44.3 Å². The zero-order chi connectivity index (χ0) is 13.2. The van der Waals surface area contributed by atoms with Gasteiger partial charge in [-0.15, -0.1) is 0 Å². The Balaban J connectivity index is 1.68. The Labute approximate surface area is 114 Å². The van der Waals surface area contributed by atoms with E-state index < -0.39 is 0 Å². The Bertz CT molecular complexity index is 431. The van der Waals surface area contributed by atoms with E-state index >= 15 is 0 Å². The number of piperidine rings is 1. The molecular weight excluding hydrogens is 238 g/mol. The summed E-state index contributed by atoms with van der Waals surface area (Å²) in [6, 6.07) is 11.7. The number of rotatable bonds is 3. The van der Waals surface area contributed by atoms with E-state index in [4.69, 9.17) is 4.74 Å². The highest BCUT2D eigenvalue weighted by molar-refractivity contribution is 5.72. The number of hydrogen-bond acceptors (Lipinski definition) is 3. The molecule has 3 atom stereocenters. The van der Waals surface area contributed by atoms with Crippen LogP contribution in [0.15, 0.2) is 30.3 Å². The highest BCUT2D eigenvalue weighted by Gasteiger charge is 2.42. The molecule has 0 radical (unpaired) electrons. The summed E-state index contributed by atoms with van der Waals surface area (Å²) in [6.45, 7) is 1.02. The van der Waals surface area contributed by atoms with Gasteiger partial charge in [0.15, 0.2) is 0 Å². The summed E-state index contributed by atoms with van der Waals surface area (Å²) in [6.07, 6.45) is 4.39. The fourth-order valence-corrected chi connectivity index (χ4v) is 3.69. The van der Waals surface area contributed by atoms with Crippen molar-refractivity contribution < 1.29 is 9.53 Å². The van der Waals surface area contributed by atoms with Crippen molar-refractivity contribution in [2.75, 3.05) is 7.11 Å². The SMILES string of the molecule is COC(=O)C1C[C@H]2CC[C@@H](C1)N2Cc1ccccc1. The molecule has 0 saturated carbocycles. The zero-order valence-electron chi connectivity index (χ0n) is 11.4. The number of esters is 1. The molecule has 3 heteroatoms. The molecule has 0 aromatic heterocycles. The summed E-state index contributed by atoms with van der Waals surface area (Å²) in [5, 5.41) is 0. The summed E-state index contributed by atoms with van der Waals surface area (Å²) in [5.41, 5.74) is 1.37. The molecule has 2 bridgehead atoms. The van der Waals surface area contributed by atoms with Crippen molar-refractivity contribution in [3.63, 3.8) is 0 Å². The van der Waals surface area contributed by atoms with E-state index in [-0.39, 0.29) is 11.9 Å². The van der Waals surface area contributed by atoms with E-state index in [2.05, 4.69) is 35.2 Å². The smallest absolute Gasteiger partial charge is 0.308 e. The molecule has 0 N–H and O–H groups in total. The molecule has 1 aromatic rings. The van der Waals surface area contributed by atoms with Crippen LogP contribution in [0.3, 0.4) is 0 Å². The van der Waals surface area contributed by atoms with Crippen molar-refractivity contribution in [1.29, 1.82) is 0 Å². The van der Waals surface area contributed by atoms with Gasteiger partial charge in [0.1, 0.15) is 0 Å². The third-order valence-corrected chi connectivity index (χ3v) is 4.63. The summed E-state index contributed by atoms with van der Waals surface area (Å²) >= 11 is 0. The average Bonchev–Trinajstić information content (AvgIpc) is 2.69. The molecule has 2 heterocycles. The van der Waals surface area contributed by atoms with Crippen LogP contribution < -0.4 is 0 Å². The first-order valence-electron chi connectivity index (χ1n) is 7.15. The fourth-order valence-electron chi connectivity index (χ4n) is 3.69. The highest BCUT2D eigenvalue weighted by Crippen LogP contribution is 2.39. The van der Waals surface area contributed by atoms with E-state index in [1.807, 2.05) is 0 Å². The molecule has 1 aromatic carbocycles. The predicted octanol–water partition coefficient (Wildman–Crippen LogP) is 2.60. The minimum absolute atomic E-state index is 0.0174. The molecule has 1 unspecified atom stereocenters. The Hall–Kier alpha value is -1.35. The minimum Gasteiger partial charge on any atom is -0.469 e. The van der Waals surface area contributed by atoms with Crippen molar-refractivity contribution in [3.8, 4) is 0 Å². The number of carbonyl (C=O) groups excluding carboxylic acids is 1. The second-order valence-corrected chi connectivity index (χ2v) is 5.73. The van der Waals surface area contributed by atoms with Gasteiger partial charge < -0.3 is 4.74 Å². The Kier molecular flexibility index (Phi) is 3.56. The van der Waals surface area contributed by atoms with Crippen molar-refractivity contribution in [2.24, 2.45) is 5.92 Å². The maximum absolute atomic E-state index is 11.7. The molecule has 3 rings (SSSR count). The van der Waals surface area contributed by atoms with Crippen LogP contribution in [-0.2, 0) is 16.1 Å². The normalized spacial score (nSPS) is 30.3. The van der Waals surface area contributed by atoms with Crippen molar-refractivity contribution >= 4 is 5.97 Å². The van der Waals surface area contributed by atoms with Crippen LogP contribution in [0, 0.1) is 5.92 Å². The summed E-state index contributed by atoms with van der Waals surface area (Å²) in [4.78, 5) is 14.3. The van der Waals surface area contributed by atoms with Gasteiger partial charge in [0.25, 0.3) is 0 Å². The van der Waals surface area contributed by atoms with Crippen LogP contribution in [0.2, 0.25) is 0 Å². The third-order valence-electron chi connectivity index (χ3n) is 4.63. The monoisotopic (exact) mass is 259 g/mol. The second-order valence-electron chi connectivity index (χ2n) is 5.73. The summed E-state index contributed by atoms with van der Waals surface area (Å²) < 4.78 is 4.91. The number of fused-ring (bicyclic) bond motifs is 2. The number of ether oxygens (including phenoxy) is 1. The molecular formula is C16H21NO2. The number of carbonyl (C=O) groups is 1. The van der Waals surface area contributed by atoms with E-state index in [1.54, 1.807) is 0 Å². The fraction of sp³-hybridized carbons (Fsp3) is 0.562. The van der Waals surface area contributed by atoms with Crippen LogP contribution in [0.5, 0.6) is 0 Å². The molecule has 2 saturated heterocycles. The second kappa shape index (κ2) is 5.33. The molecule has 3 nitrogen and oxygen atoms in total. The number of hydrogen-bond donors (Lipinski definition) is 0. The molecule has 0 spiro atoms. The van der Waals surface area contributed by atoms with Gasteiger partial charge in [-0.25, -0.2) is 0 Å². The van der Waals surface area contributed by atoms with E-state index in [1.165, 1.54) is 25.5 Å². The van der Waals surface area contributed by atoms with Crippen LogP contribution in [-0.4, -0.2) is 30.1 Å². The molecule has 2 fully saturated rings. The first-order valence-corrected chi connectivity index (χ1v) is 7.15.